The van der Waals surface area contributed by atoms with E-state index in [-0.39, 0.29) is 0 Å². The Hall–Kier alpha value is -1.88. The van der Waals surface area contributed by atoms with Crippen molar-refractivity contribution in [1.82, 2.24) is 4.98 Å². The van der Waals surface area contributed by atoms with Gasteiger partial charge in [0, 0.05) is 30.6 Å². The van der Waals surface area contributed by atoms with Crippen molar-refractivity contribution >= 4 is 33.8 Å². The van der Waals surface area contributed by atoms with Crippen molar-refractivity contribution in [2.24, 2.45) is 5.73 Å². The standard InChI is InChI=1S/C16H21N3OS/c1-11(2)19(9-7-15(17)21)16-14-5-4-13(20-3)10-12(14)6-8-18-16/h4-6,8,10-11H,7,9H2,1-3H3,(H2,17,21). The summed E-state index contributed by atoms with van der Waals surface area (Å²) in [5, 5.41) is 2.22. The molecule has 0 spiro atoms. The van der Waals surface area contributed by atoms with Gasteiger partial charge in [-0.05, 0) is 43.5 Å². The molecule has 4 nitrogen and oxygen atoms in total. The summed E-state index contributed by atoms with van der Waals surface area (Å²) in [6.07, 6.45) is 2.51. The second-order valence-electron chi connectivity index (χ2n) is 5.23. The molecule has 0 aliphatic rings. The molecule has 0 amide bonds. The minimum absolute atomic E-state index is 0.319. The quantitative estimate of drug-likeness (QED) is 0.831. The molecule has 1 aromatic carbocycles. The van der Waals surface area contributed by atoms with Gasteiger partial charge in [0.15, 0.2) is 0 Å². The van der Waals surface area contributed by atoms with Crippen LogP contribution < -0.4 is 15.4 Å². The van der Waals surface area contributed by atoms with Gasteiger partial charge in [0.25, 0.3) is 0 Å². The summed E-state index contributed by atoms with van der Waals surface area (Å²) in [5.41, 5.74) is 5.64. The number of nitrogens with two attached hydrogens (primary N) is 1. The van der Waals surface area contributed by atoms with Gasteiger partial charge in [-0.1, -0.05) is 12.2 Å². The number of rotatable bonds is 6. The van der Waals surface area contributed by atoms with E-state index in [1.165, 1.54) is 0 Å². The highest BCUT2D eigenvalue weighted by atomic mass is 32.1. The smallest absolute Gasteiger partial charge is 0.136 e. The lowest BCUT2D eigenvalue weighted by Crippen LogP contribution is -2.34. The van der Waals surface area contributed by atoms with Crippen LogP contribution in [0.2, 0.25) is 0 Å². The fourth-order valence-corrected chi connectivity index (χ4v) is 2.43. The van der Waals surface area contributed by atoms with Crippen molar-refractivity contribution in [3.8, 4) is 5.75 Å². The second-order valence-corrected chi connectivity index (χ2v) is 5.75. The molecule has 1 heterocycles. The van der Waals surface area contributed by atoms with Gasteiger partial charge in [0.1, 0.15) is 11.6 Å². The predicted molar refractivity (Wildman–Crippen MR) is 92.2 cm³/mol. The first-order valence-corrected chi connectivity index (χ1v) is 7.41. The topological polar surface area (TPSA) is 51.4 Å². The molecule has 0 saturated carbocycles. The van der Waals surface area contributed by atoms with Gasteiger partial charge in [-0.25, -0.2) is 4.98 Å². The van der Waals surface area contributed by atoms with Gasteiger partial charge in [0.05, 0.1) is 12.1 Å². The maximum Gasteiger partial charge on any atom is 0.136 e. The zero-order valence-corrected chi connectivity index (χ0v) is 13.5. The molecule has 0 aliphatic heterocycles. The van der Waals surface area contributed by atoms with E-state index in [1.807, 2.05) is 30.5 Å². The molecule has 2 rings (SSSR count). The first-order chi connectivity index (χ1) is 10.0. The lowest BCUT2D eigenvalue weighted by Gasteiger charge is -2.28. The number of fused-ring (bicyclic) bond motifs is 1. The number of benzene rings is 1. The monoisotopic (exact) mass is 303 g/mol. The third kappa shape index (κ3) is 3.61. The SMILES string of the molecule is COc1ccc2c(N(CCC(N)=S)C(C)C)nccc2c1. The van der Waals surface area contributed by atoms with Crippen molar-refractivity contribution < 1.29 is 4.74 Å². The number of pyridine rings is 1. The molecule has 1 aromatic heterocycles. The Bertz CT molecular complexity index is 642. The minimum atomic E-state index is 0.319. The third-order valence-electron chi connectivity index (χ3n) is 3.45. The molecule has 0 radical (unpaired) electrons. The maximum absolute atomic E-state index is 5.64. The number of ether oxygens (including phenoxy) is 1. The molecule has 0 aliphatic carbocycles. The van der Waals surface area contributed by atoms with Gasteiger partial charge >= 0.3 is 0 Å². The van der Waals surface area contributed by atoms with Crippen LogP contribution in [0, 0.1) is 0 Å². The number of hydrogen-bond donors (Lipinski definition) is 1. The van der Waals surface area contributed by atoms with E-state index < -0.39 is 0 Å². The zero-order valence-electron chi connectivity index (χ0n) is 12.7. The van der Waals surface area contributed by atoms with Crippen LogP contribution in [-0.4, -0.2) is 29.7 Å². The van der Waals surface area contributed by atoms with E-state index in [0.29, 0.717) is 17.5 Å². The van der Waals surface area contributed by atoms with Crippen LogP contribution in [0.15, 0.2) is 30.5 Å². The largest absolute Gasteiger partial charge is 0.497 e. The average molecular weight is 303 g/mol. The summed E-state index contributed by atoms with van der Waals surface area (Å²) in [6, 6.07) is 8.34. The fraction of sp³-hybridized carbons (Fsp3) is 0.375. The number of anilines is 1. The van der Waals surface area contributed by atoms with Gasteiger partial charge in [0.2, 0.25) is 0 Å². The van der Waals surface area contributed by atoms with Crippen LogP contribution in [0.5, 0.6) is 5.75 Å². The summed E-state index contributed by atoms with van der Waals surface area (Å²) in [7, 11) is 1.67. The van der Waals surface area contributed by atoms with Gasteiger partial charge in [-0.2, -0.15) is 0 Å². The van der Waals surface area contributed by atoms with E-state index in [1.54, 1.807) is 7.11 Å². The molecule has 5 heteroatoms. The van der Waals surface area contributed by atoms with Crippen molar-refractivity contribution in [3.05, 3.63) is 30.5 Å². The average Bonchev–Trinajstić information content (AvgIpc) is 2.46. The number of thiocarbonyl (C=S) groups is 1. The summed E-state index contributed by atoms with van der Waals surface area (Å²) in [4.78, 5) is 7.32. The van der Waals surface area contributed by atoms with Crippen molar-refractivity contribution in [2.75, 3.05) is 18.6 Å². The maximum atomic E-state index is 5.64. The highest BCUT2D eigenvalue weighted by Gasteiger charge is 2.15. The molecule has 112 valence electrons. The Morgan fingerprint density at radius 3 is 2.76 bits per heavy atom. The van der Waals surface area contributed by atoms with Crippen LogP contribution >= 0.6 is 12.2 Å². The fourth-order valence-electron chi connectivity index (χ4n) is 2.34. The molecule has 0 atom stereocenters. The van der Waals surface area contributed by atoms with E-state index in [0.717, 1.165) is 28.9 Å². The van der Waals surface area contributed by atoms with E-state index in [9.17, 15) is 0 Å². The van der Waals surface area contributed by atoms with Crippen molar-refractivity contribution in [1.29, 1.82) is 0 Å². The third-order valence-corrected chi connectivity index (χ3v) is 3.65. The Balaban J connectivity index is 2.44. The molecule has 21 heavy (non-hydrogen) atoms. The highest BCUT2D eigenvalue weighted by molar-refractivity contribution is 7.80. The van der Waals surface area contributed by atoms with Gasteiger partial charge < -0.3 is 15.4 Å². The Kier molecular flexibility index (Phi) is 4.96. The Labute approximate surface area is 130 Å². The molecule has 0 unspecified atom stereocenters. The first kappa shape index (κ1) is 15.5. The van der Waals surface area contributed by atoms with Crippen LogP contribution in [0.1, 0.15) is 20.3 Å². The van der Waals surface area contributed by atoms with E-state index in [2.05, 4.69) is 23.7 Å². The molecule has 0 saturated heterocycles. The normalized spacial score (nSPS) is 10.9. The summed E-state index contributed by atoms with van der Waals surface area (Å²) < 4.78 is 5.28. The van der Waals surface area contributed by atoms with Crippen LogP contribution in [0.25, 0.3) is 10.8 Å². The van der Waals surface area contributed by atoms with Crippen LogP contribution in [0.4, 0.5) is 5.82 Å². The first-order valence-electron chi connectivity index (χ1n) is 7.00. The number of hydrogen-bond acceptors (Lipinski definition) is 4. The Morgan fingerprint density at radius 2 is 2.14 bits per heavy atom. The molecule has 0 bridgehead atoms. The second kappa shape index (κ2) is 6.72. The molecular formula is C16H21N3OS. The highest BCUT2D eigenvalue weighted by Crippen LogP contribution is 2.28. The summed E-state index contributed by atoms with van der Waals surface area (Å²) in [6.45, 7) is 5.05. The van der Waals surface area contributed by atoms with Crippen molar-refractivity contribution in [3.63, 3.8) is 0 Å². The molecule has 0 fully saturated rings. The zero-order chi connectivity index (χ0) is 15.4. The number of nitrogens with zero attached hydrogens (tertiary/aromatic N) is 2. The van der Waals surface area contributed by atoms with Crippen LogP contribution in [0.3, 0.4) is 0 Å². The molecule has 2 N–H and O–H groups in total. The van der Waals surface area contributed by atoms with E-state index >= 15 is 0 Å². The minimum Gasteiger partial charge on any atom is -0.497 e. The van der Waals surface area contributed by atoms with Crippen LogP contribution in [-0.2, 0) is 0 Å². The molecular weight excluding hydrogens is 282 g/mol. The predicted octanol–water partition coefficient (Wildman–Crippen LogP) is 3.13. The number of aromatic nitrogens is 1. The van der Waals surface area contributed by atoms with Crippen molar-refractivity contribution in [2.45, 2.75) is 26.3 Å². The van der Waals surface area contributed by atoms with Gasteiger partial charge in [-0.3, -0.25) is 0 Å². The summed E-state index contributed by atoms with van der Waals surface area (Å²) >= 11 is 4.99. The van der Waals surface area contributed by atoms with Gasteiger partial charge in [-0.15, -0.1) is 0 Å². The van der Waals surface area contributed by atoms with E-state index in [4.69, 9.17) is 22.7 Å². The molecule has 2 aromatic rings. The number of methoxy groups -OCH3 is 1. The summed E-state index contributed by atoms with van der Waals surface area (Å²) in [5.74, 6) is 1.81. The Morgan fingerprint density at radius 1 is 1.38 bits per heavy atom. The lowest BCUT2D eigenvalue weighted by atomic mass is 10.1. The lowest BCUT2D eigenvalue weighted by molar-refractivity contribution is 0.415.